The van der Waals surface area contributed by atoms with Gasteiger partial charge < -0.3 is 25.4 Å². The zero-order chi connectivity index (χ0) is 14.7. The Labute approximate surface area is 122 Å². The molecule has 4 N–H and O–H groups in total. The number of ether oxygens (including phenoxy) is 1. The van der Waals surface area contributed by atoms with E-state index in [9.17, 15) is 15.3 Å². The van der Waals surface area contributed by atoms with E-state index in [0.29, 0.717) is 11.6 Å². The van der Waals surface area contributed by atoms with Gasteiger partial charge in [-0.05, 0) is 12.8 Å². The van der Waals surface area contributed by atoms with Crippen LogP contribution in [0.5, 0.6) is 0 Å². The maximum atomic E-state index is 10.2. The van der Waals surface area contributed by atoms with E-state index in [2.05, 4.69) is 23.8 Å². The zero-order valence-corrected chi connectivity index (χ0v) is 12.3. The minimum atomic E-state index is -1.15. The van der Waals surface area contributed by atoms with E-state index < -0.39 is 30.5 Å². The Morgan fingerprint density at radius 3 is 2.90 bits per heavy atom. The van der Waals surface area contributed by atoms with Crippen LogP contribution in [0.1, 0.15) is 19.8 Å². The van der Waals surface area contributed by atoms with Crippen LogP contribution in [0.25, 0.3) is 0 Å². The fourth-order valence-corrected chi connectivity index (χ4v) is 3.46. The molecule has 20 heavy (non-hydrogen) atoms. The predicted octanol–water partition coefficient (Wildman–Crippen LogP) is -0.159. The minimum Gasteiger partial charge on any atom is -0.390 e. The molecule has 0 radical (unpaired) electrons. The van der Waals surface area contributed by atoms with Gasteiger partial charge in [-0.2, -0.15) is 0 Å². The molecular formula is C13H22N2O4S. The summed E-state index contributed by atoms with van der Waals surface area (Å²) >= 11 is 1.39. The van der Waals surface area contributed by atoms with Gasteiger partial charge in [0.05, 0.1) is 6.10 Å². The van der Waals surface area contributed by atoms with Crippen molar-refractivity contribution in [2.75, 3.05) is 6.54 Å². The van der Waals surface area contributed by atoms with Crippen LogP contribution in [0.2, 0.25) is 0 Å². The number of aliphatic hydroxyl groups excluding tert-OH is 3. The summed E-state index contributed by atoms with van der Waals surface area (Å²) in [5, 5.41) is 34.1. The zero-order valence-electron chi connectivity index (χ0n) is 11.5. The number of rotatable bonds is 5. The number of hydrogen-bond acceptors (Lipinski definition) is 7. The molecule has 6 nitrogen and oxygen atoms in total. The number of fused-ring (bicyclic) bond motifs is 1. The van der Waals surface area contributed by atoms with Gasteiger partial charge in [-0.25, -0.2) is 0 Å². The normalized spacial score (nSPS) is 38.0. The molecule has 2 aliphatic rings. The molecule has 0 aromatic heterocycles. The number of nitrogens with zero attached hydrogens (tertiary/aromatic N) is 1. The van der Waals surface area contributed by atoms with Crippen LogP contribution in [-0.2, 0) is 4.74 Å². The van der Waals surface area contributed by atoms with Gasteiger partial charge in [0, 0.05) is 6.54 Å². The number of amidine groups is 1. The van der Waals surface area contributed by atoms with Crippen molar-refractivity contribution in [1.29, 1.82) is 0 Å². The first-order chi connectivity index (χ1) is 9.58. The monoisotopic (exact) mass is 302 g/mol. The molecule has 1 saturated heterocycles. The smallest absolute Gasteiger partial charge is 0.159 e. The lowest BCUT2D eigenvalue weighted by molar-refractivity contribution is -0.184. The van der Waals surface area contributed by atoms with Gasteiger partial charge >= 0.3 is 0 Å². The Bertz CT molecular complexity index is 379. The Hall–Kier alpha value is -0.600. The molecule has 2 rings (SSSR count). The standard InChI is InChI=1S/C13H22N2O4S/c1-3-5-7(16)11-10(18)9(17)8-12(19-11)20-13(15-8)14-6-4-2/h3,7-12,16-18H,1,4-6H2,2H3,(H,14,15)/t7-,8-,9-,10+,11-,12-/m1/s1. The Balaban J connectivity index is 2.03. The second kappa shape index (κ2) is 6.91. The summed E-state index contributed by atoms with van der Waals surface area (Å²) in [7, 11) is 0. The quantitative estimate of drug-likeness (QED) is 0.527. The molecule has 2 heterocycles. The molecule has 2 aliphatic heterocycles. The molecule has 114 valence electrons. The Kier molecular flexibility index (Phi) is 5.45. The van der Waals surface area contributed by atoms with Crippen molar-refractivity contribution in [2.45, 2.75) is 55.7 Å². The summed E-state index contributed by atoms with van der Waals surface area (Å²) in [6.07, 6.45) is -1.05. The number of aliphatic hydroxyl groups is 3. The largest absolute Gasteiger partial charge is 0.390 e. The SMILES string of the molecule is C=CC[C@@H](O)[C@H]1O[C@@H]2SC(NCCC)=N[C@@H]2[C@@H](O)[C@@H]1O. The second-order valence-corrected chi connectivity index (χ2v) is 6.10. The number of aliphatic imine (C=N–C) groups is 1. The molecule has 0 spiro atoms. The van der Waals surface area contributed by atoms with Crippen LogP contribution in [0.15, 0.2) is 17.6 Å². The number of thioether (sulfide) groups is 1. The lowest BCUT2D eigenvalue weighted by Crippen LogP contribution is -2.58. The average molecular weight is 302 g/mol. The van der Waals surface area contributed by atoms with E-state index in [1.54, 1.807) is 6.08 Å². The molecule has 0 unspecified atom stereocenters. The van der Waals surface area contributed by atoms with E-state index in [-0.39, 0.29) is 5.44 Å². The molecule has 0 aromatic carbocycles. The fourth-order valence-electron chi connectivity index (χ4n) is 2.33. The van der Waals surface area contributed by atoms with Crippen molar-refractivity contribution in [3.05, 3.63) is 12.7 Å². The third kappa shape index (κ3) is 3.17. The first kappa shape index (κ1) is 15.8. The van der Waals surface area contributed by atoms with Crippen LogP contribution in [-0.4, -0.2) is 62.9 Å². The highest BCUT2D eigenvalue weighted by Gasteiger charge is 2.49. The summed E-state index contributed by atoms with van der Waals surface area (Å²) in [4.78, 5) is 4.35. The second-order valence-electron chi connectivity index (χ2n) is 5.01. The van der Waals surface area contributed by atoms with E-state index in [1.165, 1.54) is 11.8 Å². The molecule has 0 saturated carbocycles. The fraction of sp³-hybridized carbons (Fsp3) is 0.769. The summed E-state index contributed by atoms with van der Waals surface area (Å²) in [5.74, 6) is 0. The molecule has 0 aromatic rings. The molecular weight excluding hydrogens is 280 g/mol. The molecule has 6 atom stereocenters. The molecule has 0 bridgehead atoms. The average Bonchev–Trinajstić information content (AvgIpc) is 2.84. The van der Waals surface area contributed by atoms with Crippen molar-refractivity contribution >= 4 is 16.9 Å². The van der Waals surface area contributed by atoms with E-state index in [4.69, 9.17) is 4.74 Å². The van der Waals surface area contributed by atoms with Crippen molar-refractivity contribution in [3.63, 3.8) is 0 Å². The number of hydrogen-bond donors (Lipinski definition) is 4. The molecule has 7 heteroatoms. The highest BCUT2D eigenvalue weighted by molar-refractivity contribution is 8.14. The maximum absolute atomic E-state index is 10.2. The molecule has 1 fully saturated rings. The third-order valence-electron chi connectivity index (χ3n) is 3.41. The Morgan fingerprint density at radius 1 is 1.50 bits per heavy atom. The van der Waals surface area contributed by atoms with Crippen molar-refractivity contribution < 1.29 is 20.1 Å². The van der Waals surface area contributed by atoms with Gasteiger partial charge in [-0.3, -0.25) is 4.99 Å². The lowest BCUT2D eigenvalue weighted by Gasteiger charge is -2.40. The Morgan fingerprint density at radius 2 is 2.25 bits per heavy atom. The summed E-state index contributed by atoms with van der Waals surface area (Å²) in [6.45, 7) is 6.40. The van der Waals surface area contributed by atoms with Gasteiger partial charge in [0.25, 0.3) is 0 Å². The van der Waals surface area contributed by atoms with Gasteiger partial charge in [-0.15, -0.1) is 6.58 Å². The van der Waals surface area contributed by atoms with Crippen molar-refractivity contribution in [2.24, 2.45) is 4.99 Å². The van der Waals surface area contributed by atoms with E-state index >= 15 is 0 Å². The predicted molar refractivity (Wildman–Crippen MR) is 78.6 cm³/mol. The molecule has 0 amide bonds. The maximum Gasteiger partial charge on any atom is 0.159 e. The topological polar surface area (TPSA) is 94.3 Å². The lowest BCUT2D eigenvalue weighted by atomic mass is 9.94. The summed E-state index contributed by atoms with van der Waals surface area (Å²) < 4.78 is 5.72. The van der Waals surface area contributed by atoms with Crippen LogP contribution in [0.3, 0.4) is 0 Å². The van der Waals surface area contributed by atoms with Gasteiger partial charge in [0.15, 0.2) is 5.17 Å². The van der Waals surface area contributed by atoms with E-state index in [1.807, 2.05) is 0 Å². The summed E-state index contributed by atoms with van der Waals surface area (Å²) in [6, 6.07) is -0.499. The number of nitrogens with one attached hydrogen (secondary N) is 1. The van der Waals surface area contributed by atoms with Crippen LogP contribution < -0.4 is 5.32 Å². The van der Waals surface area contributed by atoms with Gasteiger partial charge in [0.2, 0.25) is 0 Å². The highest BCUT2D eigenvalue weighted by atomic mass is 32.2. The van der Waals surface area contributed by atoms with Crippen molar-refractivity contribution in [1.82, 2.24) is 5.32 Å². The van der Waals surface area contributed by atoms with E-state index in [0.717, 1.165) is 13.0 Å². The minimum absolute atomic E-state index is 0.304. The van der Waals surface area contributed by atoms with Crippen LogP contribution in [0.4, 0.5) is 0 Å². The third-order valence-corrected chi connectivity index (χ3v) is 4.51. The first-order valence-corrected chi connectivity index (χ1v) is 7.75. The van der Waals surface area contributed by atoms with Gasteiger partial charge in [-0.1, -0.05) is 24.8 Å². The highest BCUT2D eigenvalue weighted by Crippen LogP contribution is 2.37. The molecule has 0 aliphatic carbocycles. The van der Waals surface area contributed by atoms with Crippen LogP contribution >= 0.6 is 11.8 Å². The van der Waals surface area contributed by atoms with Crippen LogP contribution in [0, 0.1) is 0 Å². The van der Waals surface area contributed by atoms with Crippen molar-refractivity contribution in [3.8, 4) is 0 Å². The van der Waals surface area contributed by atoms with Gasteiger partial charge in [0.1, 0.15) is 29.8 Å². The summed E-state index contributed by atoms with van der Waals surface area (Å²) in [5.41, 5.74) is -0.378. The first-order valence-electron chi connectivity index (χ1n) is 6.87.